The van der Waals surface area contributed by atoms with Crippen molar-refractivity contribution >= 4 is 11.9 Å². The summed E-state index contributed by atoms with van der Waals surface area (Å²) in [4.78, 5) is 26.9. The van der Waals surface area contributed by atoms with Crippen LogP contribution < -0.4 is 0 Å². The standard InChI is InChI=1S/C10H15NO3/c1-4-6-8-10(13)14-11(3)9(12)7-5-2/h1H,5-8H2,2-3H3. The molecule has 0 fully saturated rings. The zero-order valence-corrected chi connectivity index (χ0v) is 8.58. The maximum Gasteiger partial charge on any atom is 0.333 e. The lowest BCUT2D eigenvalue weighted by Gasteiger charge is -2.15. The van der Waals surface area contributed by atoms with Gasteiger partial charge in [0.2, 0.25) is 0 Å². The summed E-state index contributed by atoms with van der Waals surface area (Å²) in [5.74, 6) is 1.64. The van der Waals surface area contributed by atoms with Gasteiger partial charge in [0.05, 0.1) is 6.42 Å². The van der Waals surface area contributed by atoms with Gasteiger partial charge in [-0.25, -0.2) is 4.79 Å². The number of terminal acetylenes is 1. The van der Waals surface area contributed by atoms with Gasteiger partial charge in [-0.1, -0.05) is 6.92 Å². The highest BCUT2D eigenvalue weighted by atomic mass is 16.7. The molecule has 0 bridgehead atoms. The SMILES string of the molecule is C#CCCC(=O)ON(C)C(=O)CCC. The molecular formula is C10H15NO3. The van der Waals surface area contributed by atoms with Crippen molar-refractivity contribution in [2.75, 3.05) is 7.05 Å². The molecule has 0 N–H and O–H groups in total. The van der Waals surface area contributed by atoms with Gasteiger partial charge in [0.15, 0.2) is 0 Å². The van der Waals surface area contributed by atoms with Crippen molar-refractivity contribution in [3.05, 3.63) is 0 Å². The maximum absolute atomic E-state index is 11.2. The molecule has 0 aromatic carbocycles. The highest BCUT2D eigenvalue weighted by molar-refractivity contribution is 5.77. The number of rotatable bonds is 4. The Morgan fingerprint density at radius 3 is 2.57 bits per heavy atom. The molecular weight excluding hydrogens is 182 g/mol. The van der Waals surface area contributed by atoms with Gasteiger partial charge in [0.1, 0.15) is 0 Å². The van der Waals surface area contributed by atoms with Crippen LogP contribution >= 0.6 is 0 Å². The van der Waals surface area contributed by atoms with E-state index in [0.717, 1.165) is 11.5 Å². The Morgan fingerprint density at radius 2 is 2.07 bits per heavy atom. The highest BCUT2D eigenvalue weighted by Crippen LogP contribution is 1.98. The Morgan fingerprint density at radius 1 is 1.43 bits per heavy atom. The van der Waals surface area contributed by atoms with Crippen molar-refractivity contribution in [2.45, 2.75) is 32.6 Å². The van der Waals surface area contributed by atoms with Gasteiger partial charge >= 0.3 is 5.97 Å². The fourth-order valence-corrected chi connectivity index (χ4v) is 0.795. The van der Waals surface area contributed by atoms with Gasteiger partial charge in [-0.2, -0.15) is 5.06 Å². The van der Waals surface area contributed by atoms with Crippen LogP contribution in [0.2, 0.25) is 0 Å². The van der Waals surface area contributed by atoms with E-state index in [-0.39, 0.29) is 12.3 Å². The fraction of sp³-hybridized carbons (Fsp3) is 0.600. The lowest BCUT2D eigenvalue weighted by Crippen LogP contribution is -2.29. The molecule has 0 aliphatic carbocycles. The lowest BCUT2D eigenvalue weighted by molar-refractivity contribution is -0.192. The molecule has 78 valence electrons. The topological polar surface area (TPSA) is 46.6 Å². The quantitative estimate of drug-likeness (QED) is 0.501. The van der Waals surface area contributed by atoms with E-state index >= 15 is 0 Å². The lowest BCUT2D eigenvalue weighted by atomic mass is 10.3. The normalized spacial score (nSPS) is 8.93. The average Bonchev–Trinajstić information content (AvgIpc) is 2.15. The molecule has 0 saturated carbocycles. The first-order valence-corrected chi connectivity index (χ1v) is 4.52. The van der Waals surface area contributed by atoms with Gasteiger partial charge in [-0.3, -0.25) is 4.79 Å². The Bertz CT molecular complexity index is 242. The van der Waals surface area contributed by atoms with E-state index in [1.807, 2.05) is 6.92 Å². The minimum Gasteiger partial charge on any atom is -0.338 e. The minimum atomic E-state index is -0.477. The summed E-state index contributed by atoms with van der Waals surface area (Å²) in [7, 11) is 1.42. The molecule has 0 aromatic heterocycles. The molecule has 0 aliphatic rings. The number of carbonyl (C=O) groups is 2. The molecule has 0 unspecified atom stereocenters. The van der Waals surface area contributed by atoms with Gasteiger partial charge in [0, 0.05) is 19.9 Å². The second kappa shape index (κ2) is 6.96. The molecule has 1 amide bonds. The second-order valence-corrected chi connectivity index (χ2v) is 2.81. The van der Waals surface area contributed by atoms with Crippen molar-refractivity contribution in [1.29, 1.82) is 0 Å². The van der Waals surface area contributed by atoms with E-state index in [4.69, 9.17) is 11.3 Å². The van der Waals surface area contributed by atoms with E-state index in [0.29, 0.717) is 12.8 Å². The zero-order valence-electron chi connectivity index (χ0n) is 8.58. The molecule has 0 rings (SSSR count). The molecule has 4 heteroatoms. The number of hydrogen-bond donors (Lipinski definition) is 0. The van der Waals surface area contributed by atoms with Gasteiger partial charge in [-0.15, -0.1) is 12.3 Å². The van der Waals surface area contributed by atoms with Crippen molar-refractivity contribution in [3.8, 4) is 12.3 Å². The van der Waals surface area contributed by atoms with Crippen molar-refractivity contribution in [2.24, 2.45) is 0 Å². The first-order valence-electron chi connectivity index (χ1n) is 4.52. The minimum absolute atomic E-state index is 0.139. The Kier molecular flexibility index (Phi) is 6.21. The summed E-state index contributed by atoms with van der Waals surface area (Å²) in [6, 6.07) is 0. The number of amides is 1. The van der Waals surface area contributed by atoms with E-state index in [1.165, 1.54) is 7.05 Å². The number of nitrogens with zero attached hydrogens (tertiary/aromatic N) is 1. The summed E-state index contributed by atoms with van der Waals surface area (Å²) in [6.07, 6.45) is 6.55. The molecule has 0 spiro atoms. The van der Waals surface area contributed by atoms with Crippen molar-refractivity contribution in [1.82, 2.24) is 5.06 Å². The molecule has 0 atom stereocenters. The summed E-state index contributed by atoms with van der Waals surface area (Å²) in [5, 5.41) is 0.961. The molecule has 4 nitrogen and oxygen atoms in total. The Labute approximate surface area is 84.2 Å². The fourth-order valence-electron chi connectivity index (χ4n) is 0.795. The van der Waals surface area contributed by atoms with Crippen LogP contribution in [0.5, 0.6) is 0 Å². The van der Waals surface area contributed by atoms with Crippen LogP contribution in [-0.2, 0) is 14.4 Å². The van der Waals surface area contributed by atoms with Crippen LogP contribution in [0.3, 0.4) is 0 Å². The van der Waals surface area contributed by atoms with Crippen molar-refractivity contribution < 1.29 is 14.4 Å². The molecule has 0 aliphatic heterocycles. The summed E-state index contributed by atoms with van der Waals surface area (Å²) in [5.41, 5.74) is 0. The Hall–Kier alpha value is -1.50. The van der Waals surface area contributed by atoms with Crippen molar-refractivity contribution in [3.63, 3.8) is 0 Å². The summed E-state index contributed by atoms with van der Waals surface area (Å²) >= 11 is 0. The zero-order chi connectivity index (χ0) is 11.0. The van der Waals surface area contributed by atoms with Crippen LogP contribution in [0, 0.1) is 12.3 Å². The van der Waals surface area contributed by atoms with Crippen LogP contribution in [0.15, 0.2) is 0 Å². The molecule has 0 saturated heterocycles. The molecule has 14 heavy (non-hydrogen) atoms. The van der Waals surface area contributed by atoms with E-state index in [2.05, 4.69) is 5.92 Å². The third-order valence-electron chi connectivity index (χ3n) is 1.53. The van der Waals surface area contributed by atoms with Crippen LogP contribution in [-0.4, -0.2) is 24.0 Å². The third-order valence-corrected chi connectivity index (χ3v) is 1.53. The number of hydrogen-bond acceptors (Lipinski definition) is 3. The van der Waals surface area contributed by atoms with E-state index in [9.17, 15) is 9.59 Å². The van der Waals surface area contributed by atoms with Crippen LogP contribution in [0.1, 0.15) is 32.6 Å². The third kappa shape index (κ3) is 5.20. The molecule has 0 heterocycles. The van der Waals surface area contributed by atoms with Crippen LogP contribution in [0.25, 0.3) is 0 Å². The predicted molar refractivity (Wildman–Crippen MR) is 51.8 cm³/mol. The van der Waals surface area contributed by atoms with Gasteiger partial charge < -0.3 is 4.84 Å². The Balaban J connectivity index is 3.82. The summed E-state index contributed by atoms with van der Waals surface area (Å²) in [6.45, 7) is 1.88. The molecule has 0 aromatic rings. The monoisotopic (exact) mass is 197 g/mol. The summed E-state index contributed by atoms with van der Waals surface area (Å²) < 4.78 is 0. The predicted octanol–water partition coefficient (Wildman–Crippen LogP) is 1.12. The average molecular weight is 197 g/mol. The van der Waals surface area contributed by atoms with E-state index in [1.54, 1.807) is 0 Å². The number of carbonyl (C=O) groups excluding carboxylic acids is 2. The second-order valence-electron chi connectivity index (χ2n) is 2.81. The maximum atomic E-state index is 11.2. The molecule has 0 radical (unpaired) electrons. The smallest absolute Gasteiger partial charge is 0.333 e. The van der Waals surface area contributed by atoms with Gasteiger partial charge in [0.25, 0.3) is 5.91 Å². The van der Waals surface area contributed by atoms with E-state index < -0.39 is 5.97 Å². The number of hydroxylamine groups is 2. The van der Waals surface area contributed by atoms with Crippen LogP contribution in [0.4, 0.5) is 0 Å². The highest BCUT2D eigenvalue weighted by Gasteiger charge is 2.12. The van der Waals surface area contributed by atoms with Gasteiger partial charge in [-0.05, 0) is 6.42 Å². The first-order chi connectivity index (χ1) is 6.61. The largest absolute Gasteiger partial charge is 0.338 e. The first kappa shape index (κ1) is 12.5.